The molecule has 1 fully saturated rings. The Morgan fingerprint density at radius 3 is 2.45 bits per heavy atom. The minimum Gasteiger partial charge on any atom is -0.357 e. The van der Waals surface area contributed by atoms with Gasteiger partial charge in [-0.3, -0.25) is 4.79 Å². The highest BCUT2D eigenvalue weighted by Gasteiger charge is 2.24. The molecule has 0 unspecified atom stereocenters. The molecule has 22 heavy (non-hydrogen) atoms. The number of aromatic nitrogens is 1. The van der Waals surface area contributed by atoms with Crippen LogP contribution in [0, 0.1) is 5.92 Å². The number of ketones is 1. The van der Waals surface area contributed by atoms with Crippen molar-refractivity contribution in [3.8, 4) is 0 Å². The third kappa shape index (κ3) is 3.73. The van der Waals surface area contributed by atoms with Crippen LogP contribution in [-0.2, 0) is 11.2 Å². The molecule has 3 heteroatoms. The van der Waals surface area contributed by atoms with Gasteiger partial charge in [0, 0.05) is 31.6 Å². The van der Waals surface area contributed by atoms with Gasteiger partial charge in [-0.05, 0) is 37.0 Å². The molecule has 0 saturated carbocycles. The van der Waals surface area contributed by atoms with Gasteiger partial charge < -0.3 is 4.90 Å². The van der Waals surface area contributed by atoms with Gasteiger partial charge in [-0.2, -0.15) is 0 Å². The van der Waals surface area contributed by atoms with Crippen LogP contribution in [0.3, 0.4) is 0 Å². The van der Waals surface area contributed by atoms with Crippen LogP contribution in [0.5, 0.6) is 0 Å². The van der Waals surface area contributed by atoms with Gasteiger partial charge in [-0.25, -0.2) is 4.98 Å². The Labute approximate surface area is 132 Å². The molecule has 1 aliphatic rings. The maximum Gasteiger partial charge on any atom is 0.136 e. The summed E-state index contributed by atoms with van der Waals surface area (Å²) in [5.74, 6) is 1.67. The van der Waals surface area contributed by atoms with Crippen molar-refractivity contribution in [3.05, 3.63) is 60.3 Å². The van der Waals surface area contributed by atoms with E-state index in [0.29, 0.717) is 12.2 Å². The quantitative estimate of drug-likeness (QED) is 0.846. The molecule has 0 atom stereocenters. The topological polar surface area (TPSA) is 33.2 Å². The normalized spacial score (nSPS) is 15.7. The molecule has 1 saturated heterocycles. The first-order valence-corrected chi connectivity index (χ1v) is 8.05. The van der Waals surface area contributed by atoms with E-state index in [2.05, 4.69) is 22.0 Å². The smallest absolute Gasteiger partial charge is 0.136 e. The molecule has 0 N–H and O–H groups in total. The van der Waals surface area contributed by atoms with Crippen molar-refractivity contribution >= 4 is 11.6 Å². The molecule has 114 valence electrons. The molecule has 3 rings (SSSR count). The third-order valence-electron chi connectivity index (χ3n) is 4.43. The zero-order chi connectivity index (χ0) is 15.2. The van der Waals surface area contributed by atoms with Crippen molar-refractivity contribution in [1.82, 2.24) is 4.98 Å². The van der Waals surface area contributed by atoms with Gasteiger partial charge >= 0.3 is 0 Å². The van der Waals surface area contributed by atoms with Gasteiger partial charge in [0.2, 0.25) is 0 Å². The van der Waals surface area contributed by atoms with E-state index in [9.17, 15) is 4.79 Å². The Kier molecular flexibility index (Phi) is 4.84. The average molecular weight is 294 g/mol. The number of nitrogens with zero attached hydrogens (tertiary/aromatic N) is 2. The molecule has 2 aromatic rings. The molecule has 0 aliphatic carbocycles. The van der Waals surface area contributed by atoms with Gasteiger partial charge in [0.05, 0.1) is 0 Å². The number of carbonyl (C=O) groups is 1. The van der Waals surface area contributed by atoms with Crippen LogP contribution in [0.1, 0.15) is 24.8 Å². The van der Waals surface area contributed by atoms with Gasteiger partial charge in [0.1, 0.15) is 11.6 Å². The number of anilines is 1. The minimum absolute atomic E-state index is 0.226. The highest BCUT2D eigenvalue weighted by molar-refractivity contribution is 5.81. The second-order valence-electron chi connectivity index (χ2n) is 5.90. The Balaban J connectivity index is 1.48. The van der Waals surface area contributed by atoms with Crippen LogP contribution < -0.4 is 4.90 Å². The van der Waals surface area contributed by atoms with E-state index in [1.807, 2.05) is 42.6 Å². The van der Waals surface area contributed by atoms with Gasteiger partial charge in [-0.15, -0.1) is 0 Å². The van der Waals surface area contributed by atoms with Crippen molar-refractivity contribution in [2.75, 3.05) is 18.0 Å². The first-order chi connectivity index (χ1) is 10.8. The van der Waals surface area contributed by atoms with Crippen molar-refractivity contribution < 1.29 is 4.79 Å². The number of benzene rings is 1. The molecule has 1 aliphatic heterocycles. The summed E-state index contributed by atoms with van der Waals surface area (Å²) in [5, 5.41) is 0. The lowest BCUT2D eigenvalue weighted by molar-refractivity contribution is -0.123. The first kappa shape index (κ1) is 14.8. The Morgan fingerprint density at radius 2 is 1.77 bits per heavy atom. The molecule has 3 nitrogen and oxygen atoms in total. The average Bonchev–Trinajstić information content (AvgIpc) is 2.61. The fourth-order valence-electron chi connectivity index (χ4n) is 3.09. The highest BCUT2D eigenvalue weighted by Crippen LogP contribution is 2.23. The monoisotopic (exact) mass is 294 g/mol. The molecule has 1 aromatic heterocycles. The number of rotatable bonds is 5. The van der Waals surface area contributed by atoms with E-state index in [1.54, 1.807) is 0 Å². The molecule has 0 amide bonds. The Hall–Kier alpha value is -2.16. The van der Waals surface area contributed by atoms with E-state index < -0.39 is 0 Å². The van der Waals surface area contributed by atoms with Crippen molar-refractivity contribution in [1.29, 1.82) is 0 Å². The number of pyridine rings is 1. The standard InChI is InChI=1S/C19H22N2O/c22-18(10-9-16-6-2-1-3-7-16)17-11-14-21(15-12-17)19-8-4-5-13-20-19/h1-8,13,17H,9-12,14-15H2. The van der Waals surface area contributed by atoms with Crippen molar-refractivity contribution in [3.63, 3.8) is 0 Å². The summed E-state index contributed by atoms with van der Waals surface area (Å²) in [6.07, 6.45) is 5.25. The summed E-state index contributed by atoms with van der Waals surface area (Å²) in [6.45, 7) is 1.86. The maximum absolute atomic E-state index is 12.4. The number of aryl methyl sites for hydroxylation is 1. The second kappa shape index (κ2) is 7.21. The summed E-state index contributed by atoms with van der Waals surface area (Å²) in [4.78, 5) is 19.0. The Morgan fingerprint density at radius 1 is 1.05 bits per heavy atom. The van der Waals surface area contributed by atoms with Crippen molar-refractivity contribution in [2.24, 2.45) is 5.92 Å². The summed E-state index contributed by atoms with van der Waals surface area (Å²) in [5.41, 5.74) is 1.25. The van der Waals surface area contributed by atoms with E-state index >= 15 is 0 Å². The van der Waals surface area contributed by atoms with Gasteiger partial charge in [-0.1, -0.05) is 36.4 Å². The molecule has 0 spiro atoms. The lowest BCUT2D eigenvalue weighted by Gasteiger charge is -2.32. The maximum atomic E-state index is 12.4. The molecule has 1 aromatic carbocycles. The fourth-order valence-corrected chi connectivity index (χ4v) is 3.09. The van der Waals surface area contributed by atoms with Crippen LogP contribution in [0.2, 0.25) is 0 Å². The fraction of sp³-hybridized carbons (Fsp3) is 0.368. The highest BCUT2D eigenvalue weighted by atomic mass is 16.1. The third-order valence-corrected chi connectivity index (χ3v) is 4.43. The van der Waals surface area contributed by atoms with Crippen LogP contribution in [0.15, 0.2) is 54.7 Å². The van der Waals surface area contributed by atoms with E-state index in [1.165, 1.54) is 5.56 Å². The summed E-state index contributed by atoms with van der Waals surface area (Å²) < 4.78 is 0. The van der Waals surface area contributed by atoms with Crippen molar-refractivity contribution in [2.45, 2.75) is 25.7 Å². The SMILES string of the molecule is O=C(CCc1ccccc1)C1CCN(c2ccccn2)CC1. The predicted octanol–water partition coefficient (Wildman–Crippen LogP) is 3.50. The lowest BCUT2D eigenvalue weighted by atomic mass is 9.89. The molecule has 0 bridgehead atoms. The van der Waals surface area contributed by atoms with Crippen LogP contribution >= 0.6 is 0 Å². The van der Waals surface area contributed by atoms with E-state index in [0.717, 1.165) is 38.2 Å². The molecule has 2 heterocycles. The minimum atomic E-state index is 0.226. The number of hydrogen-bond donors (Lipinski definition) is 0. The number of Topliss-reactive ketones (excluding diaryl/α,β-unsaturated/α-hetero) is 1. The number of hydrogen-bond acceptors (Lipinski definition) is 3. The molecular formula is C19H22N2O. The second-order valence-corrected chi connectivity index (χ2v) is 5.90. The van der Waals surface area contributed by atoms with Crippen LogP contribution in [0.4, 0.5) is 5.82 Å². The molecular weight excluding hydrogens is 272 g/mol. The predicted molar refractivity (Wildman–Crippen MR) is 88.9 cm³/mol. The van der Waals surface area contributed by atoms with Gasteiger partial charge in [0.25, 0.3) is 0 Å². The summed E-state index contributed by atoms with van der Waals surface area (Å²) in [7, 11) is 0. The Bertz CT molecular complexity index is 589. The first-order valence-electron chi connectivity index (χ1n) is 8.05. The van der Waals surface area contributed by atoms with E-state index in [-0.39, 0.29) is 5.92 Å². The zero-order valence-corrected chi connectivity index (χ0v) is 12.8. The number of carbonyl (C=O) groups excluding carboxylic acids is 1. The number of piperidine rings is 1. The lowest BCUT2D eigenvalue weighted by Crippen LogP contribution is -2.36. The summed E-state index contributed by atoms with van der Waals surface area (Å²) in [6, 6.07) is 16.3. The summed E-state index contributed by atoms with van der Waals surface area (Å²) >= 11 is 0. The van der Waals surface area contributed by atoms with Crippen LogP contribution in [0.25, 0.3) is 0 Å². The largest absolute Gasteiger partial charge is 0.357 e. The van der Waals surface area contributed by atoms with E-state index in [4.69, 9.17) is 0 Å². The van der Waals surface area contributed by atoms with Crippen LogP contribution in [-0.4, -0.2) is 23.9 Å². The van der Waals surface area contributed by atoms with Gasteiger partial charge in [0.15, 0.2) is 0 Å². The zero-order valence-electron chi connectivity index (χ0n) is 12.8. The molecule has 0 radical (unpaired) electrons.